The molecule has 112 valence electrons. The molecular formula is C14H22N2O3S. The summed E-state index contributed by atoms with van der Waals surface area (Å²) in [5.41, 5.74) is 0. The Balaban J connectivity index is 1.60. The molecule has 1 aromatic heterocycles. The van der Waals surface area contributed by atoms with Gasteiger partial charge in [-0.05, 0) is 37.8 Å². The zero-order valence-electron chi connectivity index (χ0n) is 11.6. The van der Waals surface area contributed by atoms with E-state index in [9.17, 15) is 8.42 Å². The molecule has 0 spiro atoms. The number of furan rings is 1. The normalized spacial score (nSPS) is 21.2. The molecule has 2 saturated carbocycles. The molecule has 0 saturated heterocycles. The highest BCUT2D eigenvalue weighted by Gasteiger charge is 2.25. The van der Waals surface area contributed by atoms with Gasteiger partial charge in [-0.3, -0.25) is 0 Å². The molecule has 0 bridgehead atoms. The smallest absolute Gasteiger partial charge is 0.274 e. The predicted octanol–water partition coefficient (Wildman–Crippen LogP) is 2.14. The third kappa shape index (κ3) is 3.62. The van der Waals surface area contributed by atoms with Crippen LogP contribution in [0.3, 0.4) is 0 Å². The summed E-state index contributed by atoms with van der Waals surface area (Å²) >= 11 is 0. The number of hydrogen-bond acceptors (Lipinski definition) is 4. The SMILES string of the molecule is O=S(=O)(NC1CCCCC1)c1ccc(CNC2CC2)o1. The van der Waals surface area contributed by atoms with Gasteiger partial charge in [0.2, 0.25) is 5.09 Å². The van der Waals surface area contributed by atoms with Gasteiger partial charge in [-0.25, -0.2) is 13.1 Å². The van der Waals surface area contributed by atoms with Crippen LogP contribution in [0, 0.1) is 0 Å². The standard InChI is InChI=1S/C14H22N2O3S/c17-20(18,16-12-4-2-1-3-5-12)14-9-8-13(19-14)10-15-11-6-7-11/h8-9,11-12,15-16H,1-7,10H2. The van der Waals surface area contributed by atoms with E-state index in [-0.39, 0.29) is 11.1 Å². The second kappa shape index (κ2) is 5.87. The highest BCUT2D eigenvalue weighted by atomic mass is 32.2. The summed E-state index contributed by atoms with van der Waals surface area (Å²) < 4.78 is 32.7. The predicted molar refractivity (Wildman–Crippen MR) is 75.8 cm³/mol. The van der Waals surface area contributed by atoms with Crippen molar-refractivity contribution in [2.24, 2.45) is 0 Å². The zero-order chi connectivity index (χ0) is 14.0. The van der Waals surface area contributed by atoms with Crippen molar-refractivity contribution in [2.45, 2.75) is 68.7 Å². The van der Waals surface area contributed by atoms with Crippen molar-refractivity contribution in [1.29, 1.82) is 0 Å². The Morgan fingerprint density at radius 1 is 1.05 bits per heavy atom. The largest absolute Gasteiger partial charge is 0.447 e. The van der Waals surface area contributed by atoms with Crippen molar-refractivity contribution in [1.82, 2.24) is 10.0 Å². The highest BCUT2D eigenvalue weighted by molar-refractivity contribution is 7.89. The van der Waals surface area contributed by atoms with Crippen molar-refractivity contribution in [2.75, 3.05) is 0 Å². The van der Waals surface area contributed by atoms with E-state index in [4.69, 9.17) is 4.42 Å². The fourth-order valence-electron chi connectivity index (χ4n) is 2.63. The monoisotopic (exact) mass is 298 g/mol. The molecule has 5 nitrogen and oxygen atoms in total. The van der Waals surface area contributed by atoms with E-state index in [1.165, 1.54) is 19.3 Å². The second-order valence-corrected chi connectivity index (χ2v) is 7.48. The minimum absolute atomic E-state index is 0.0377. The van der Waals surface area contributed by atoms with Crippen LogP contribution < -0.4 is 10.0 Å². The molecule has 3 rings (SSSR count). The lowest BCUT2D eigenvalue weighted by Crippen LogP contribution is -2.35. The first-order valence-corrected chi connectivity index (χ1v) is 8.96. The van der Waals surface area contributed by atoms with Crippen molar-refractivity contribution < 1.29 is 12.8 Å². The molecule has 0 atom stereocenters. The fraction of sp³-hybridized carbons (Fsp3) is 0.714. The Hall–Kier alpha value is -0.850. The minimum atomic E-state index is -3.51. The first kappa shape index (κ1) is 14.1. The number of rotatable bonds is 6. The first-order valence-electron chi connectivity index (χ1n) is 7.48. The third-order valence-corrected chi connectivity index (χ3v) is 5.36. The lowest BCUT2D eigenvalue weighted by Gasteiger charge is -2.21. The Bertz CT molecular complexity index is 543. The van der Waals surface area contributed by atoms with Gasteiger partial charge >= 0.3 is 0 Å². The topological polar surface area (TPSA) is 71.3 Å². The maximum absolute atomic E-state index is 12.2. The lowest BCUT2D eigenvalue weighted by molar-refractivity contribution is 0.383. The average molecular weight is 298 g/mol. The minimum Gasteiger partial charge on any atom is -0.447 e. The molecule has 6 heteroatoms. The van der Waals surface area contributed by atoms with Gasteiger partial charge in [-0.15, -0.1) is 0 Å². The molecule has 0 aromatic carbocycles. The van der Waals surface area contributed by atoms with Crippen LogP contribution in [0.1, 0.15) is 50.7 Å². The van der Waals surface area contributed by atoms with E-state index in [1.807, 2.05) is 0 Å². The Morgan fingerprint density at radius 3 is 2.50 bits per heavy atom. The van der Waals surface area contributed by atoms with Gasteiger partial charge < -0.3 is 9.73 Å². The molecule has 2 N–H and O–H groups in total. The van der Waals surface area contributed by atoms with Gasteiger partial charge in [0, 0.05) is 12.1 Å². The molecule has 1 heterocycles. The maximum Gasteiger partial charge on any atom is 0.274 e. The Kier molecular flexibility index (Phi) is 4.14. The third-order valence-electron chi connectivity index (χ3n) is 3.97. The molecule has 0 aliphatic heterocycles. The molecule has 2 aliphatic rings. The lowest BCUT2D eigenvalue weighted by atomic mass is 9.96. The van der Waals surface area contributed by atoms with Gasteiger partial charge in [-0.2, -0.15) is 0 Å². The van der Waals surface area contributed by atoms with Gasteiger partial charge in [0.25, 0.3) is 10.0 Å². The first-order chi connectivity index (χ1) is 9.63. The van der Waals surface area contributed by atoms with Gasteiger partial charge in [0.05, 0.1) is 6.54 Å². The summed E-state index contributed by atoms with van der Waals surface area (Å²) in [5, 5.41) is 3.35. The summed E-state index contributed by atoms with van der Waals surface area (Å²) in [6, 6.07) is 3.94. The highest BCUT2D eigenvalue weighted by Crippen LogP contribution is 2.22. The fourth-order valence-corrected chi connectivity index (χ4v) is 3.88. The molecule has 20 heavy (non-hydrogen) atoms. The summed E-state index contributed by atoms with van der Waals surface area (Å²) in [6.07, 6.45) is 7.66. The van der Waals surface area contributed by atoms with Crippen LogP contribution in [-0.2, 0) is 16.6 Å². The van der Waals surface area contributed by atoms with Gasteiger partial charge in [-0.1, -0.05) is 19.3 Å². The summed E-state index contributed by atoms with van der Waals surface area (Å²) in [4.78, 5) is 0. The average Bonchev–Trinajstić information content (AvgIpc) is 3.13. The summed E-state index contributed by atoms with van der Waals surface area (Å²) in [6.45, 7) is 0.601. The molecular weight excluding hydrogens is 276 g/mol. The number of nitrogens with one attached hydrogen (secondary N) is 2. The van der Waals surface area contributed by atoms with Crippen LogP contribution in [-0.4, -0.2) is 20.5 Å². The zero-order valence-corrected chi connectivity index (χ0v) is 12.4. The quantitative estimate of drug-likeness (QED) is 0.844. The molecule has 1 aromatic rings. The molecule has 2 aliphatic carbocycles. The van der Waals surface area contributed by atoms with Crippen LogP contribution in [0.25, 0.3) is 0 Å². The van der Waals surface area contributed by atoms with Crippen molar-refractivity contribution in [3.63, 3.8) is 0 Å². The van der Waals surface area contributed by atoms with E-state index >= 15 is 0 Å². The van der Waals surface area contributed by atoms with Crippen LogP contribution in [0.5, 0.6) is 0 Å². The second-order valence-electron chi connectivity index (χ2n) is 5.83. The summed E-state index contributed by atoms with van der Waals surface area (Å²) in [5.74, 6) is 0.681. The number of hydrogen-bond donors (Lipinski definition) is 2. The van der Waals surface area contributed by atoms with Crippen molar-refractivity contribution >= 4 is 10.0 Å². The van der Waals surface area contributed by atoms with E-state index in [1.54, 1.807) is 12.1 Å². The van der Waals surface area contributed by atoms with Gasteiger partial charge in [0.15, 0.2) is 0 Å². The van der Waals surface area contributed by atoms with Crippen LogP contribution >= 0.6 is 0 Å². The van der Waals surface area contributed by atoms with Crippen LogP contribution in [0.4, 0.5) is 0 Å². The number of sulfonamides is 1. The van der Waals surface area contributed by atoms with E-state index in [0.717, 1.165) is 25.7 Å². The maximum atomic E-state index is 12.2. The van der Waals surface area contributed by atoms with Gasteiger partial charge in [0.1, 0.15) is 5.76 Å². The van der Waals surface area contributed by atoms with E-state index in [2.05, 4.69) is 10.0 Å². The van der Waals surface area contributed by atoms with Crippen molar-refractivity contribution in [3.05, 3.63) is 17.9 Å². The molecule has 0 unspecified atom stereocenters. The van der Waals surface area contributed by atoms with Crippen LogP contribution in [0.15, 0.2) is 21.6 Å². The van der Waals surface area contributed by atoms with Crippen molar-refractivity contribution in [3.8, 4) is 0 Å². The molecule has 2 fully saturated rings. The Morgan fingerprint density at radius 2 is 1.80 bits per heavy atom. The molecule has 0 radical (unpaired) electrons. The Labute approximate surface area is 120 Å². The molecule has 0 amide bonds. The van der Waals surface area contributed by atoms with E-state index in [0.29, 0.717) is 18.3 Å². The summed E-state index contributed by atoms with van der Waals surface area (Å²) in [7, 11) is -3.51. The van der Waals surface area contributed by atoms with E-state index < -0.39 is 10.0 Å². The van der Waals surface area contributed by atoms with Crippen LogP contribution in [0.2, 0.25) is 0 Å².